The van der Waals surface area contributed by atoms with E-state index in [1.165, 1.54) is 10.4 Å². The standard InChI is InChI=1S/C18H17BrClN5O3S/c19-13-5-6-17(14(20)11-13)29(27,28)24-9-7-23(8-10-24)18(26)22-25-12-21-15-3-1-2-4-16(15)25/h1-6,11-12H,7-10H2,(H,22,26). The van der Waals surface area contributed by atoms with Gasteiger partial charge in [0, 0.05) is 30.7 Å². The average molecular weight is 499 g/mol. The van der Waals surface area contributed by atoms with Crippen molar-refractivity contribution < 1.29 is 13.2 Å². The largest absolute Gasteiger partial charge is 0.336 e. The van der Waals surface area contributed by atoms with E-state index in [9.17, 15) is 13.2 Å². The number of fused-ring (bicyclic) bond motifs is 1. The second-order valence-electron chi connectivity index (χ2n) is 6.49. The molecular weight excluding hydrogens is 482 g/mol. The Hall–Kier alpha value is -2.14. The zero-order valence-corrected chi connectivity index (χ0v) is 18.3. The van der Waals surface area contributed by atoms with Crippen molar-refractivity contribution in [3.63, 3.8) is 0 Å². The lowest BCUT2D eigenvalue weighted by Gasteiger charge is -2.34. The molecule has 152 valence electrons. The Morgan fingerprint density at radius 3 is 2.55 bits per heavy atom. The molecule has 0 spiro atoms. The average Bonchev–Trinajstić information content (AvgIpc) is 3.11. The highest BCUT2D eigenvalue weighted by molar-refractivity contribution is 9.10. The van der Waals surface area contributed by atoms with Crippen molar-refractivity contribution in [2.45, 2.75) is 4.90 Å². The van der Waals surface area contributed by atoms with Crippen LogP contribution in [0.1, 0.15) is 0 Å². The van der Waals surface area contributed by atoms with E-state index in [0.717, 1.165) is 11.0 Å². The first-order chi connectivity index (χ1) is 13.9. The minimum atomic E-state index is -3.73. The maximum Gasteiger partial charge on any atom is 0.336 e. The van der Waals surface area contributed by atoms with Gasteiger partial charge in [-0.1, -0.05) is 39.7 Å². The van der Waals surface area contributed by atoms with Crippen molar-refractivity contribution in [3.05, 3.63) is 58.3 Å². The van der Waals surface area contributed by atoms with Crippen LogP contribution in [0.4, 0.5) is 4.79 Å². The minimum absolute atomic E-state index is 0.0603. The Kier molecular flexibility index (Phi) is 5.52. The number of sulfonamides is 1. The number of urea groups is 1. The van der Waals surface area contributed by atoms with Gasteiger partial charge in [0.2, 0.25) is 10.0 Å². The number of hydrogen-bond acceptors (Lipinski definition) is 4. The first kappa shape index (κ1) is 20.1. The third-order valence-electron chi connectivity index (χ3n) is 4.71. The Balaban J connectivity index is 1.43. The smallest absolute Gasteiger partial charge is 0.321 e. The fourth-order valence-electron chi connectivity index (χ4n) is 3.18. The summed E-state index contributed by atoms with van der Waals surface area (Å²) in [6, 6.07) is 11.8. The van der Waals surface area contributed by atoms with E-state index < -0.39 is 10.0 Å². The van der Waals surface area contributed by atoms with E-state index in [-0.39, 0.29) is 42.1 Å². The van der Waals surface area contributed by atoms with Gasteiger partial charge in [-0.05, 0) is 30.3 Å². The van der Waals surface area contributed by atoms with Crippen LogP contribution in [0.15, 0.2) is 58.2 Å². The van der Waals surface area contributed by atoms with Crippen LogP contribution in [0.3, 0.4) is 0 Å². The zero-order chi connectivity index (χ0) is 20.6. The van der Waals surface area contributed by atoms with Gasteiger partial charge in [-0.25, -0.2) is 28.3 Å². The van der Waals surface area contributed by atoms with Crippen molar-refractivity contribution in [1.82, 2.24) is 18.9 Å². The monoisotopic (exact) mass is 497 g/mol. The Labute approximate surface area is 181 Å². The van der Waals surface area contributed by atoms with E-state index >= 15 is 0 Å². The number of rotatable bonds is 3. The third-order valence-corrected chi connectivity index (χ3v) is 7.58. The summed E-state index contributed by atoms with van der Waals surface area (Å²) in [5.74, 6) is 0. The molecule has 0 aliphatic carbocycles. The van der Waals surface area contributed by atoms with E-state index in [4.69, 9.17) is 11.6 Å². The number of para-hydroxylation sites is 2. The summed E-state index contributed by atoms with van der Waals surface area (Å²) in [5, 5.41) is 0.159. The summed E-state index contributed by atoms with van der Waals surface area (Å²) < 4.78 is 29.4. The van der Waals surface area contributed by atoms with Crippen LogP contribution < -0.4 is 5.43 Å². The third kappa shape index (κ3) is 3.97. The molecule has 1 aliphatic heterocycles. The van der Waals surface area contributed by atoms with Crippen LogP contribution in [-0.2, 0) is 10.0 Å². The summed E-state index contributed by atoms with van der Waals surface area (Å²) >= 11 is 9.39. The number of nitrogens with one attached hydrogen (secondary N) is 1. The first-order valence-electron chi connectivity index (χ1n) is 8.79. The summed E-state index contributed by atoms with van der Waals surface area (Å²) in [5.41, 5.74) is 4.34. The lowest BCUT2D eigenvalue weighted by Crippen LogP contribution is -2.52. The second-order valence-corrected chi connectivity index (χ2v) is 9.72. The van der Waals surface area contributed by atoms with Crippen molar-refractivity contribution in [3.8, 4) is 0 Å². The van der Waals surface area contributed by atoms with Crippen molar-refractivity contribution in [2.75, 3.05) is 31.6 Å². The SMILES string of the molecule is O=C(Nn1cnc2ccccc21)N1CCN(S(=O)(=O)c2ccc(Br)cc2Cl)CC1. The fraction of sp³-hybridized carbons (Fsp3) is 0.222. The molecule has 4 rings (SSSR count). The molecule has 29 heavy (non-hydrogen) atoms. The van der Waals surface area contributed by atoms with Gasteiger partial charge in [-0.15, -0.1) is 0 Å². The van der Waals surface area contributed by atoms with E-state index in [2.05, 4.69) is 26.3 Å². The number of hydrogen-bond donors (Lipinski definition) is 1. The number of carbonyl (C=O) groups is 1. The van der Waals surface area contributed by atoms with Crippen molar-refractivity contribution in [1.29, 1.82) is 0 Å². The van der Waals surface area contributed by atoms with Crippen LogP contribution in [0, 0.1) is 0 Å². The molecule has 1 N–H and O–H groups in total. The molecule has 0 bridgehead atoms. The molecule has 2 aromatic carbocycles. The number of carbonyl (C=O) groups excluding carboxylic acids is 1. The summed E-state index contributed by atoms with van der Waals surface area (Å²) in [7, 11) is -3.73. The number of halogens is 2. The maximum atomic E-state index is 12.9. The van der Waals surface area contributed by atoms with Crippen LogP contribution in [-0.4, -0.2) is 59.5 Å². The lowest BCUT2D eigenvalue weighted by atomic mass is 10.3. The van der Waals surface area contributed by atoms with E-state index in [1.54, 1.807) is 28.0 Å². The van der Waals surface area contributed by atoms with E-state index in [0.29, 0.717) is 4.47 Å². The van der Waals surface area contributed by atoms with Gasteiger partial charge in [-0.2, -0.15) is 4.31 Å². The van der Waals surface area contributed by atoms with Gasteiger partial charge < -0.3 is 4.90 Å². The molecule has 1 aromatic heterocycles. The fourth-order valence-corrected chi connectivity index (χ4v) is 5.61. The normalized spacial score (nSPS) is 15.6. The van der Waals surface area contributed by atoms with Crippen LogP contribution >= 0.6 is 27.5 Å². The zero-order valence-electron chi connectivity index (χ0n) is 15.1. The van der Waals surface area contributed by atoms with Gasteiger partial charge in [0.15, 0.2) is 0 Å². The number of benzene rings is 2. The predicted molar refractivity (Wildman–Crippen MR) is 114 cm³/mol. The minimum Gasteiger partial charge on any atom is -0.321 e. The Morgan fingerprint density at radius 2 is 1.83 bits per heavy atom. The molecule has 1 saturated heterocycles. The lowest BCUT2D eigenvalue weighted by molar-refractivity contribution is 0.182. The highest BCUT2D eigenvalue weighted by Crippen LogP contribution is 2.28. The van der Waals surface area contributed by atoms with Gasteiger partial charge in [-0.3, -0.25) is 0 Å². The number of piperazine rings is 1. The van der Waals surface area contributed by atoms with Crippen molar-refractivity contribution >= 4 is 54.6 Å². The van der Waals surface area contributed by atoms with Gasteiger partial charge in [0.1, 0.15) is 11.2 Å². The Bertz CT molecular complexity index is 1180. The number of imidazole rings is 1. The molecular formula is C18H17BrClN5O3S. The second kappa shape index (κ2) is 7.94. The summed E-state index contributed by atoms with van der Waals surface area (Å²) in [4.78, 5) is 18.5. The number of aromatic nitrogens is 2. The molecule has 3 aromatic rings. The summed E-state index contributed by atoms with van der Waals surface area (Å²) in [6.45, 7) is 0.914. The molecule has 11 heteroatoms. The first-order valence-corrected chi connectivity index (χ1v) is 11.4. The molecule has 1 fully saturated rings. The number of nitrogens with zero attached hydrogens (tertiary/aromatic N) is 4. The Morgan fingerprint density at radius 1 is 1.10 bits per heavy atom. The maximum absolute atomic E-state index is 12.9. The molecule has 0 radical (unpaired) electrons. The van der Waals surface area contributed by atoms with Crippen LogP contribution in [0.5, 0.6) is 0 Å². The van der Waals surface area contributed by atoms with Crippen molar-refractivity contribution in [2.24, 2.45) is 0 Å². The highest BCUT2D eigenvalue weighted by atomic mass is 79.9. The van der Waals surface area contributed by atoms with Gasteiger partial charge in [0.25, 0.3) is 0 Å². The molecule has 2 heterocycles. The quantitative estimate of drug-likeness (QED) is 0.601. The predicted octanol–water partition coefficient (Wildman–Crippen LogP) is 3.12. The highest BCUT2D eigenvalue weighted by Gasteiger charge is 2.31. The van der Waals surface area contributed by atoms with Gasteiger partial charge in [0.05, 0.1) is 16.1 Å². The van der Waals surface area contributed by atoms with E-state index in [1.807, 2.05) is 24.3 Å². The molecule has 1 aliphatic rings. The van der Waals surface area contributed by atoms with Crippen LogP contribution in [0.25, 0.3) is 11.0 Å². The number of amides is 2. The topological polar surface area (TPSA) is 87.5 Å². The van der Waals surface area contributed by atoms with Gasteiger partial charge >= 0.3 is 6.03 Å². The molecule has 0 saturated carbocycles. The molecule has 0 unspecified atom stereocenters. The van der Waals surface area contributed by atoms with Crippen LogP contribution in [0.2, 0.25) is 5.02 Å². The molecule has 0 atom stereocenters. The summed E-state index contributed by atoms with van der Waals surface area (Å²) in [6.07, 6.45) is 1.54. The molecule has 2 amide bonds. The molecule has 8 nitrogen and oxygen atoms in total.